The predicted octanol–water partition coefficient (Wildman–Crippen LogP) is 20.5. The number of phosphoric acid groups is 2. The third-order valence-electron chi connectivity index (χ3n) is 16.6. The van der Waals surface area contributed by atoms with Gasteiger partial charge in [0.2, 0.25) is 0 Å². The van der Waals surface area contributed by atoms with Crippen LogP contribution in [0.25, 0.3) is 0 Å². The minimum absolute atomic E-state index is 0.105. The van der Waals surface area contributed by atoms with Crippen molar-refractivity contribution in [1.82, 2.24) is 0 Å². The van der Waals surface area contributed by atoms with Gasteiger partial charge in [-0.05, 0) is 49.4 Å². The van der Waals surface area contributed by atoms with Crippen LogP contribution in [0.1, 0.15) is 357 Å². The fourth-order valence-electron chi connectivity index (χ4n) is 10.8. The van der Waals surface area contributed by atoms with Gasteiger partial charge in [0.1, 0.15) is 19.3 Å². The zero-order valence-electron chi connectivity index (χ0n) is 59.5. The van der Waals surface area contributed by atoms with E-state index in [2.05, 4.69) is 55.4 Å². The lowest BCUT2D eigenvalue weighted by Gasteiger charge is -2.21. The summed E-state index contributed by atoms with van der Waals surface area (Å²) in [6.07, 6.45) is 44.5. The van der Waals surface area contributed by atoms with E-state index in [4.69, 9.17) is 37.0 Å². The molecule has 0 amide bonds. The summed E-state index contributed by atoms with van der Waals surface area (Å²) < 4.78 is 68.4. The van der Waals surface area contributed by atoms with E-state index in [9.17, 15) is 43.2 Å². The van der Waals surface area contributed by atoms with Crippen molar-refractivity contribution in [3.05, 3.63) is 0 Å². The molecule has 91 heavy (non-hydrogen) atoms. The van der Waals surface area contributed by atoms with Crippen molar-refractivity contribution in [3.63, 3.8) is 0 Å². The lowest BCUT2D eigenvalue weighted by molar-refractivity contribution is -0.161. The van der Waals surface area contributed by atoms with Crippen LogP contribution in [0.3, 0.4) is 0 Å². The van der Waals surface area contributed by atoms with Crippen molar-refractivity contribution in [1.29, 1.82) is 0 Å². The van der Waals surface area contributed by atoms with Gasteiger partial charge in [0.15, 0.2) is 12.2 Å². The molecule has 17 nitrogen and oxygen atoms in total. The van der Waals surface area contributed by atoms with Crippen LogP contribution >= 0.6 is 15.6 Å². The summed E-state index contributed by atoms with van der Waals surface area (Å²) in [4.78, 5) is 72.6. The molecule has 0 aliphatic heterocycles. The Morgan fingerprint density at radius 2 is 0.462 bits per heavy atom. The van der Waals surface area contributed by atoms with Gasteiger partial charge in [0, 0.05) is 25.7 Å². The van der Waals surface area contributed by atoms with E-state index in [-0.39, 0.29) is 25.7 Å². The minimum Gasteiger partial charge on any atom is -0.462 e. The number of unbranched alkanes of at least 4 members (excludes halogenated alkanes) is 35. The van der Waals surface area contributed by atoms with Gasteiger partial charge in [0.25, 0.3) is 0 Å². The highest BCUT2D eigenvalue weighted by Crippen LogP contribution is 2.45. The normalized spacial score (nSPS) is 14.2. The Kier molecular flexibility index (Phi) is 60.3. The van der Waals surface area contributed by atoms with Gasteiger partial charge in [-0.15, -0.1) is 0 Å². The topological polar surface area (TPSA) is 237 Å². The van der Waals surface area contributed by atoms with Gasteiger partial charge >= 0.3 is 39.5 Å². The molecule has 19 heteroatoms. The van der Waals surface area contributed by atoms with E-state index in [0.29, 0.717) is 31.6 Å². The molecule has 0 rings (SSSR count). The van der Waals surface area contributed by atoms with Gasteiger partial charge in [-0.25, -0.2) is 9.13 Å². The summed E-state index contributed by atoms with van der Waals surface area (Å²) >= 11 is 0. The molecule has 0 radical (unpaired) electrons. The van der Waals surface area contributed by atoms with E-state index < -0.39 is 97.5 Å². The van der Waals surface area contributed by atoms with Crippen LogP contribution in [0.15, 0.2) is 0 Å². The Labute approximate surface area is 556 Å². The molecule has 0 spiro atoms. The Morgan fingerprint density at radius 3 is 0.681 bits per heavy atom. The zero-order valence-corrected chi connectivity index (χ0v) is 61.3. The summed E-state index contributed by atoms with van der Waals surface area (Å²) in [5.41, 5.74) is 0. The lowest BCUT2D eigenvalue weighted by Crippen LogP contribution is -2.30. The molecule has 0 aromatic heterocycles. The maximum Gasteiger partial charge on any atom is 0.472 e. The van der Waals surface area contributed by atoms with E-state index in [0.717, 1.165) is 114 Å². The zero-order chi connectivity index (χ0) is 67.5. The maximum atomic E-state index is 13.0. The highest BCUT2D eigenvalue weighted by molar-refractivity contribution is 7.47. The van der Waals surface area contributed by atoms with Crippen molar-refractivity contribution >= 4 is 39.5 Å². The molecule has 0 aromatic rings. The first-order chi connectivity index (χ1) is 43.6. The molecular weight excluding hydrogens is 1200 g/mol. The molecule has 0 fully saturated rings. The number of aliphatic hydroxyl groups excluding tert-OH is 1. The first-order valence-corrected chi connectivity index (χ1v) is 40.2. The molecule has 0 heterocycles. The number of carbonyl (C=O) groups excluding carboxylic acids is 4. The van der Waals surface area contributed by atoms with Gasteiger partial charge in [-0.3, -0.25) is 37.3 Å². The molecule has 540 valence electrons. The standard InChI is InChI=1S/C72H140O17P2/c1-62(2)48-40-32-24-17-13-10-9-11-15-19-29-38-46-54-71(76)88-67(58-82-69(74)52-44-36-28-22-21-26-34-42-50-64(5)6)60-86-90(78,79)84-56-66(73)57-85-91(80,81)87-61-68(59-83-70(75)53-45-37-31-23-27-35-43-51-65(7)8)89-72(77)55-47-39-30-20-16-12-14-18-25-33-41-49-63(3)4/h62-68,73H,9-61H2,1-8H3,(H,78,79)(H,80,81)/t66?,67-,68-/m1/s1. The SMILES string of the molecule is CC(C)CCCCCCCCCCCCCCCC(=O)O[C@H](COC(=O)CCCCCCCCCCC(C)C)COP(=O)(O)OCC(O)COP(=O)(O)OC[C@@H](COC(=O)CCCCCCCCCC(C)C)OC(=O)CCCCCCCCCCCCCC(C)C. The lowest BCUT2D eigenvalue weighted by atomic mass is 10.0. The van der Waals surface area contributed by atoms with Crippen LogP contribution in [0, 0.1) is 23.7 Å². The van der Waals surface area contributed by atoms with Gasteiger partial charge in [-0.1, -0.05) is 306 Å². The predicted molar refractivity (Wildman–Crippen MR) is 367 cm³/mol. The Morgan fingerprint density at radius 1 is 0.275 bits per heavy atom. The van der Waals surface area contributed by atoms with Gasteiger partial charge in [-0.2, -0.15) is 0 Å². The van der Waals surface area contributed by atoms with E-state index in [1.807, 2.05) is 0 Å². The number of ether oxygens (including phenoxy) is 4. The van der Waals surface area contributed by atoms with Gasteiger partial charge in [0.05, 0.1) is 26.4 Å². The van der Waals surface area contributed by atoms with E-state index in [1.165, 1.54) is 154 Å². The second kappa shape index (κ2) is 61.6. The number of carbonyl (C=O) groups is 4. The number of esters is 4. The third-order valence-corrected chi connectivity index (χ3v) is 18.5. The quantitative estimate of drug-likeness (QED) is 0.0222. The maximum absolute atomic E-state index is 13.0. The number of rotatable bonds is 69. The third kappa shape index (κ3) is 66.5. The first kappa shape index (κ1) is 89.1. The van der Waals surface area contributed by atoms with Crippen molar-refractivity contribution < 1.29 is 80.2 Å². The van der Waals surface area contributed by atoms with Crippen LogP contribution in [0.4, 0.5) is 0 Å². The molecule has 0 saturated heterocycles. The highest BCUT2D eigenvalue weighted by atomic mass is 31.2. The van der Waals surface area contributed by atoms with Crippen LogP contribution in [-0.4, -0.2) is 96.7 Å². The second-order valence-electron chi connectivity index (χ2n) is 27.9. The Balaban J connectivity index is 5.25. The Hall–Kier alpha value is -1.94. The van der Waals surface area contributed by atoms with Crippen molar-refractivity contribution in [3.8, 4) is 0 Å². The summed E-state index contributed by atoms with van der Waals surface area (Å²) in [7, 11) is -9.91. The number of phosphoric ester groups is 2. The molecule has 5 atom stereocenters. The fraction of sp³-hybridized carbons (Fsp3) is 0.944. The summed E-state index contributed by atoms with van der Waals surface area (Å²) in [5, 5.41) is 10.6. The number of hydrogen-bond acceptors (Lipinski definition) is 15. The monoisotopic (exact) mass is 1340 g/mol. The smallest absolute Gasteiger partial charge is 0.462 e. The summed E-state index contributed by atoms with van der Waals surface area (Å²) in [5.74, 6) is 0.856. The van der Waals surface area contributed by atoms with Crippen molar-refractivity contribution in [2.75, 3.05) is 39.6 Å². The largest absolute Gasteiger partial charge is 0.472 e. The van der Waals surface area contributed by atoms with Crippen LogP contribution in [-0.2, 0) is 65.4 Å². The minimum atomic E-state index is -4.95. The van der Waals surface area contributed by atoms with Gasteiger partial charge < -0.3 is 33.8 Å². The molecule has 0 bridgehead atoms. The summed E-state index contributed by atoms with van der Waals surface area (Å²) in [6, 6.07) is 0. The molecule has 3 N–H and O–H groups in total. The molecule has 0 aromatic carbocycles. The average Bonchev–Trinajstić information content (AvgIpc) is 2.74. The van der Waals surface area contributed by atoms with E-state index >= 15 is 0 Å². The van der Waals surface area contributed by atoms with Crippen LogP contribution < -0.4 is 0 Å². The molecular formula is C72H140O17P2. The van der Waals surface area contributed by atoms with Crippen LogP contribution in [0.2, 0.25) is 0 Å². The first-order valence-electron chi connectivity index (χ1n) is 37.2. The summed E-state index contributed by atoms with van der Waals surface area (Å²) in [6.45, 7) is 14.1. The van der Waals surface area contributed by atoms with Crippen LogP contribution in [0.5, 0.6) is 0 Å². The highest BCUT2D eigenvalue weighted by Gasteiger charge is 2.30. The second-order valence-corrected chi connectivity index (χ2v) is 30.8. The van der Waals surface area contributed by atoms with Crippen molar-refractivity contribution in [2.45, 2.75) is 375 Å². The fourth-order valence-corrected chi connectivity index (χ4v) is 12.4. The van der Waals surface area contributed by atoms with Crippen molar-refractivity contribution in [2.24, 2.45) is 23.7 Å². The number of hydrogen-bond donors (Lipinski definition) is 3. The average molecular weight is 1340 g/mol. The number of aliphatic hydroxyl groups is 1. The molecule has 3 unspecified atom stereocenters. The van der Waals surface area contributed by atoms with E-state index in [1.54, 1.807) is 0 Å². The Bertz CT molecular complexity index is 1800. The molecule has 0 aliphatic carbocycles. The molecule has 0 saturated carbocycles. The molecule has 0 aliphatic rings.